The number of allylic oxidation sites excluding steroid dienone is 1. The van der Waals surface area contributed by atoms with E-state index in [1.54, 1.807) is 15.7 Å². The average molecular weight is 468 g/mol. The second-order valence-corrected chi connectivity index (χ2v) is 8.67. The van der Waals surface area contributed by atoms with Gasteiger partial charge in [-0.2, -0.15) is 5.10 Å². The Morgan fingerprint density at radius 1 is 1.11 bits per heavy atom. The van der Waals surface area contributed by atoms with Crippen LogP contribution in [0.25, 0.3) is 16.5 Å². The van der Waals surface area contributed by atoms with E-state index in [9.17, 15) is 9.59 Å². The summed E-state index contributed by atoms with van der Waals surface area (Å²) in [7, 11) is 0. The molecule has 2 atom stereocenters. The number of pyridine rings is 1. The van der Waals surface area contributed by atoms with Crippen molar-refractivity contribution in [2.75, 3.05) is 0 Å². The number of fused-ring (bicyclic) bond motifs is 2. The standard InChI is InChI=1S/C26H25N7O2/c1-15-6-3-4-9-20(15)33-18(12-17-8-5-7-16(2)22(17)26(33)35)13-32-25-23(24(28)29-14-30-25)19(31-32)10-11-21(27)34/h3-12,14,23,25H,13H2,1-2H3,(H2,27,34)(H2,28,29,30)/b11-10+. The monoisotopic (exact) mass is 467 g/mol. The maximum absolute atomic E-state index is 13.9. The van der Waals surface area contributed by atoms with E-state index in [0.29, 0.717) is 16.9 Å². The first-order valence-electron chi connectivity index (χ1n) is 11.2. The summed E-state index contributed by atoms with van der Waals surface area (Å²) in [5.74, 6) is -0.654. The van der Waals surface area contributed by atoms with E-state index in [1.165, 1.54) is 12.4 Å². The number of carbonyl (C=O) groups is 1. The number of aliphatic imine (C=N–C) groups is 2. The van der Waals surface area contributed by atoms with Gasteiger partial charge < -0.3 is 11.5 Å². The molecule has 4 N–H and O–H groups in total. The second kappa shape index (κ2) is 8.68. The molecule has 0 radical (unpaired) electrons. The van der Waals surface area contributed by atoms with E-state index >= 15 is 0 Å². The average Bonchev–Trinajstić information content (AvgIpc) is 3.17. The fourth-order valence-electron chi connectivity index (χ4n) is 4.69. The number of aryl methyl sites for hydroxylation is 2. The van der Waals surface area contributed by atoms with Crippen molar-refractivity contribution >= 4 is 34.6 Å². The predicted molar refractivity (Wildman–Crippen MR) is 138 cm³/mol. The Bertz CT molecular complexity index is 1530. The van der Waals surface area contributed by atoms with Crippen molar-refractivity contribution in [3.8, 4) is 5.69 Å². The van der Waals surface area contributed by atoms with Crippen LogP contribution in [-0.4, -0.2) is 39.5 Å². The summed E-state index contributed by atoms with van der Waals surface area (Å²) < 4.78 is 1.75. The number of hydrazone groups is 1. The molecule has 176 valence electrons. The third-order valence-corrected chi connectivity index (χ3v) is 6.34. The van der Waals surface area contributed by atoms with Crippen LogP contribution in [0.2, 0.25) is 0 Å². The summed E-state index contributed by atoms with van der Waals surface area (Å²) >= 11 is 0. The molecule has 1 amide bonds. The van der Waals surface area contributed by atoms with E-state index in [2.05, 4.69) is 9.98 Å². The maximum atomic E-state index is 13.9. The molecule has 9 nitrogen and oxygen atoms in total. The first-order chi connectivity index (χ1) is 16.8. The number of amidine groups is 1. The van der Waals surface area contributed by atoms with E-state index in [1.807, 2.05) is 62.4 Å². The molecule has 0 fully saturated rings. The van der Waals surface area contributed by atoms with Gasteiger partial charge in [-0.25, -0.2) is 9.98 Å². The molecule has 0 bridgehead atoms. The number of hydrogen-bond donors (Lipinski definition) is 2. The Labute approximate surface area is 201 Å². The number of rotatable bonds is 5. The van der Waals surface area contributed by atoms with Crippen LogP contribution in [0.15, 0.2) is 80.6 Å². The molecule has 0 spiro atoms. The molecule has 2 aromatic carbocycles. The Hall–Kier alpha value is -4.53. The minimum atomic E-state index is -0.587. The number of hydrogen-bond acceptors (Lipinski definition) is 7. The lowest BCUT2D eigenvalue weighted by Crippen LogP contribution is -2.42. The summed E-state index contributed by atoms with van der Waals surface area (Å²) in [5.41, 5.74) is 15.4. The zero-order chi connectivity index (χ0) is 24.7. The number of aromatic nitrogens is 1. The lowest BCUT2D eigenvalue weighted by Gasteiger charge is -2.27. The Morgan fingerprint density at radius 3 is 2.66 bits per heavy atom. The van der Waals surface area contributed by atoms with Crippen molar-refractivity contribution < 1.29 is 4.79 Å². The zero-order valence-corrected chi connectivity index (χ0v) is 19.4. The van der Waals surface area contributed by atoms with Crippen molar-refractivity contribution in [3.63, 3.8) is 0 Å². The van der Waals surface area contributed by atoms with Gasteiger partial charge in [-0.15, -0.1) is 0 Å². The highest BCUT2D eigenvalue weighted by Crippen LogP contribution is 2.29. The summed E-state index contributed by atoms with van der Waals surface area (Å²) in [5, 5.41) is 8.01. The Kier molecular flexibility index (Phi) is 5.52. The molecule has 2 aliphatic rings. The number of nitrogens with two attached hydrogens (primary N) is 2. The van der Waals surface area contributed by atoms with Crippen LogP contribution in [0.1, 0.15) is 16.8 Å². The molecule has 0 saturated heterocycles. The molecule has 2 unspecified atom stereocenters. The summed E-state index contributed by atoms with van der Waals surface area (Å²) in [6.07, 6.45) is 3.75. The molecule has 3 aromatic rings. The minimum absolute atomic E-state index is 0.0910. The summed E-state index contributed by atoms with van der Waals surface area (Å²) in [6.45, 7) is 4.21. The first kappa shape index (κ1) is 22.3. The van der Waals surface area contributed by atoms with Crippen molar-refractivity contribution in [1.29, 1.82) is 0 Å². The van der Waals surface area contributed by atoms with E-state index in [-0.39, 0.29) is 12.1 Å². The van der Waals surface area contributed by atoms with Gasteiger partial charge in [0.25, 0.3) is 5.56 Å². The SMILES string of the molecule is Cc1ccccc1-n1c(CN2N=C(/C=C/C(N)=O)C3C(N)=NC=NC32)cc2cccc(C)c2c1=O. The third-order valence-electron chi connectivity index (χ3n) is 6.34. The van der Waals surface area contributed by atoms with Gasteiger partial charge in [0.15, 0.2) is 6.17 Å². The van der Waals surface area contributed by atoms with E-state index in [4.69, 9.17) is 16.6 Å². The Morgan fingerprint density at radius 2 is 1.89 bits per heavy atom. The van der Waals surface area contributed by atoms with Crippen LogP contribution in [0.5, 0.6) is 0 Å². The molecule has 3 heterocycles. The normalized spacial score (nSPS) is 19.2. The van der Waals surface area contributed by atoms with Gasteiger partial charge in [0.2, 0.25) is 5.91 Å². The molecular weight excluding hydrogens is 442 g/mol. The van der Waals surface area contributed by atoms with Gasteiger partial charge in [-0.3, -0.25) is 19.2 Å². The van der Waals surface area contributed by atoms with Crippen LogP contribution in [0.3, 0.4) is 0 Å². The van der Waals surface area contributed by atoms with Gasteiger partial charge in [-0.1, -0.05) is 36.4 Å². The van der Waals surface area contributed by atoms with Crippen LogP contribution in [0.4, 0.5) is 0 Å². The predicted octanol–water partition coefficient (Wildman–Crippen LogP) is 2.16. The smallest absolute Gasteiger partial charge is 0.263 e. The maximum Gasteiger partial charge on any atom is 0.263 e. The molecule has 35 heavy (non-hydrogen) atoms. The first-order valence-corrected chi connectivity index (χ1v) is 11.2. The van der Waals surface area contributed by atoms with Crippen LogP contribution in [-0.2, 0) is 11.3 Å². The molecular formula is C26H25N7O2. The Balaban J connectivity index is 1.67. The van der Waals surface area contributed by atoms with Gasteiger partial charge >= 0.3 is 0 Å². The largest absolute Gasteiger partial charge is 0.386 e. The van der Waals surface area contributed by atoms with E-state index in [0.717, 1.165) is 27.9 Å². The number of carbonyl (C=O) groups excluding carboxylic acids is 1. The van der Waals surface area contributed by atoms with Crippen LogP contribution < -0.4 is 17.0 Å². The van der Waals surface area contributed by atoms with Gasteiger partial charge in [-0.05, 0) is 48.6 Å². The number of nitrogens with zero attached hydrogens (tertiary/aromatic N) is 5. The van der Waals surface area contributed by atoms with Gasteiger partial charge in [0, 0.05) is 11.8 Å². The topological polar surface area (TPSA) is 131 Å². The number of primary amides is 1. The molecule has 0 saturated carbocycles. The van der Waals surface area contributed by atoms with Crippen molar-refractivity contribution in [1.82, 2.24) is 9.58 Å². The summed E-state index contributed by atoms with van der Waals surface area (Å²) in [4.78, 5) is 33.8. The zero-order valence-electron chi connectivity index (χ0n) is 19.4. The van der Waals surface area contributed by atoms with Crippen molar-refractivity contribution in [3.05, 3.63) is 87.9 Å². The van der Waals surface area contributed by atoms with Gasteiger partial charge in [0.05, 0.1) is 23.3 Å². The van der Waals surface area contributed by atoms with Crippen molar-refractivity contribution in [2.45, 2.75) is 26.6 Å². The van der Waals surface area contributed by atoms with Gasteiger partial charge in [0.1, 0.15) is 18.1 Å². The fraction of sp³-hybridized carbons (Fsp3) is 0.192. The molecule has 0 aliphatic carbocycles. The second-order valence-electron chi connectivity index (χ2n) is 8.67. The fourth-order valence-corrected chi connectivity index (χ4v) is 4.69. The highest BCUT2D eigenvalue weighted by molar-refractivity contribution is 6.15. The van der Waals surface area contributed by atoms with Crippen LogP contribution in [0, 0.1) is 19.8 Å². The molecule has 1 aromatic heterocycles. The number of benzene rings is 2. The minimum Gasteiger partial charge on any atom is -0.386 e. The lowest BCUT2D eigenvalue weighted by atomic mass is 9.98. The number of amides is 1. The summed E-state index contributed by atoms with van der Waals surface area (Å²) in [6, 6.07) is 15.6. The number of para-hydroxylation sites is 1. The van der Waals surface area contributed by atoms with Crippen molar-refractivity contribution in [2.24, 2.45) is 32.5 Å². The molecule has 9 heteroatoms. The highest BCUT2D eigenvalue weighted by Gasteiger charge is 2.40. The lowest BCUT2D eigenvalue weighted by molar-refractivity contribution is -0.113. The third kappa shape index (κ3) is 3.90. The quantitative estimate of drug-likeness (QED) is 0.557. The van der Waals surface area contributed by atoms with Crippen LogP contribution >= 0.6 is 0 Å². The van der Waals surface area contributed by atoms with E-state index < -0.39 is 18.0 Å². The molecule has 5 rings (SSSR count). The highest BCUT2D eigenvalue weighted by atomic mass is 16.1. The molecule has 2 aliphatic heterocycles.